The van der Waals surface area contributed by atoms with E-state index in [4.69, 9.17) is 5.10 Å². The fourth-order valence-electron chi connectivity index (χ4n) is 3.48. The lowest BCUT2D eigenvalue weighted by atomic mass is 9.77. The van der Waals surface area contributed by atoms with Crippen molar-refractivity contribution in [3.8, 4) is 5.75 Å². The first-order valence-electron chi connectivity index (χ1n) is 9.82. The Bertz CT molecular complexity index is 881. The molecule has 0 spiro atoms. The maximum atomic E-state index is 12.5. The summed E-state index contributed by atoms with van der Waals surface area (Å²) >= 11 is 0. The van der Waals surface area contributed by atoms with Gasteiger partial charge in [0.05, 0.1) is 11.4 Å². The third-order valence-corrected chi connectivity index (χ3v) is 5.09. The highest BCUT2D eigenvalue weighted by molar-refractivity contribution is 6.09. The number of hydrogen-bond donors (Lipinski definition) is 1. The summed E-state index contributed by atoms with van der Waals surface area (Å²) in [6.07, 6.45) is 1.02. The van der Waals surface area contributed by atoms with E-state index in [-0.39, 0.29) is 16.7 Å². The van der Waals surface area contributed by atoms with Crippen LogP contribution >= 0.6 is 0 Å². The molecule has 0 atom stereocenters. The van der Waals surface area contributed by atoms with Gasteiger partial charge in [0.15, 0.2) is 0 Å². The Hall–Kier alpha value is -2.62. The van der Waals surface area contributed by atoms with Crippen molar-refractivity contribution in [2.75, 3.05) is 5.01 Å². The molecular formula is C24H30N2O2. The van der Waals surface area contributed by atoms with Crippen molar-refractivity contribution >= 4 is 17.3 Å². The molecule has 0 aliphatic carbocycles. The first-order chi connectivity index (χ1) is 13.0. The molecule has 0 aromatic heterocycles. The van der Waals surface area contributed by atoms with Crippen LogP contribution in [0, 0.1) is 0 Å². The number of hydrogen-bond acceptors (Lipinski definition) is 3. The molecule has 3 rings (SSSR count). The smallest absolute Gasteiger partial charge is 0.247 e. The number of nitrogens with zero attached hydrogens (tertiary/aromatic N) is 2. The van der Waals surface area contributed by atoms with Gasteiger partial charge in [0.2, 0.25) is 5.91 Å². The van der Waals surface area contributed by atoms with E-state index in [9.17, 15) is 9.90 Å². The van der Waals surface area contributed by atoms with Crippen LogP contribution in [0.1, 0.15) is 71.1 Å². The van der Waals surface area contributed by atoms with E-state index in [2.05, 4.69) is 41.5 Å². The molecule has 4 heteroatoms. The van der Waals surface area contributed by atoms with E-state index in [1.165, 1.54) is 5.01 Å². The van der Waals surface area contributed by atoms with Crippen LogP contribution in [0.25, 0.3) is 0 Å². The van der Waals surface area contributed by atoms with Gasteiger partial charge >= 0.3 is 0 Å². The lowest BCUT2D eigenvalue weighted by Crippen LogP contribution is -2.32. The molecule has 0 bridgehead atoms. The third kappa shape index (κ3) is 3.96. The predicted molar refractivity (Wildman–Crippen MR) is 115 cm³/mol. The van der Waals surface area contributed by atoms with E-state index < -0.39 is 0 Å². The topological polar surface area (TPSA) is 52.9 Å². The maximum absolute atomic E-state index is 12.5. The number of rotatable bonds is 2. The van der Waals surface area contributed by atoms with Gasteiger partial charge in [0, 0.05) is 24.0 Å². The molecule has 0 unspecified atom stereocenters. The van der Waals surface area contributed by atoms with Crippen LogP contribution in [-0.4, -0.2) is 16.7 Å². The Balaban J connectivity index is 2.16. The molecule has 4 nitrogen and oxygen atoms in total. The van der Waals surface area contributed by atoms with E-state index >= 15 is 0 Å². The number of anilines is 1. The monoisotopic (exact) mass is 378 g/mol. The van der Waals surface area contributed by atoms with Gasteiger partial charge in [-0.3, -0.25) is 4.79 Å². The molecule has 0 saturated heterocycles. The van der Waals surface area contributed by atoms with Crippen LogP contribution in [0.15, 0.2) is 47.6 Å². The van der Waals surface area contributed by atoms with Crippen molar-refractivity contribution < 1.29 is 9.90 Å². The zero-order chi connectivity index (χ0) is 20.7. The quantitative estimate of drug-likeness (QED) is 0.748. The zero-order valence-electron chi connectivity index (χ0n) is 17.7. The molecule has 1 amide bonds. The van der Waals surface area contributed by atoms with Gasteiger partial charge in [-0.05, 0) is 40.7 Å². The highest BCUT2D eigenvalue weighted by atomic mass is 16.3. The number of amides is 1. The Morgan fingerprint density at radius 2 is 1.43 bits per heavy atom. The second-order valence-corrected chi connectivity index (χ2v) is 9.51. The molecular weight excluding hydrogens is 348 g/mol. The zero-order valence-corrected chi connectivity index (χ0v) is 17.7. The number of para-hydroxylation sites is 1. The average Bonchev–Trinajstić information content (AvgIpc) is 2.61. The normalized spacial score (nSPS) is 15.6. The van der Waals surface area contributed by atoms with Gasteiger partial charge in [-0.15, -0.1) is 0 Å². The van der Waals surface area contributed by atoms with Crippen LogP contribution in [0.2, 0.25) is 0 Å². The highest BCUT2D eigenvalue weighted by Crippen LogP contribution is 2.40. The molecule has 0 radical (unpaired) electrons. The van der Waals surface area contributed by atoms with E-state index in [0.29, 0.717) is 18.6 Å². The lowest BCUT2D eigenvalue weighted by Gasteiger charge is -2.29. The predicted octanol–water partition coefficient (Wildman–Crippen LogP) is 5.52. The van der Waals surface area contributed by atoms with E-state index in [0.717, 1.165) is 28.1 Å². The van der Waals surface area contributed by atoms with Crippen molar-refractivity contribution in [3.05, 3.63) is 59.2 Å². The number of carbonyl (C=O) groups is 1. The van der Waals surface area contributed by atoms with Gasteiger partial charge in [-0.1, -0.05) is 59.7 Å². The largest absolute Gasteiger partial charge is 0.507 e. The molecule has 148 valence electrons. The van der Waals surface area contributed by atoms with Gasteiger partial charge in [0.1, 0.15) is 5.75 Å². The van der Waals surface area contributed by atoms with Crippen molar-refractivity contribution in [1.29, 1.82) is 0 Å². The minimum Gasteiger partial charge on any atom is -0.507 e. The van der Waals surface area contributed by atoms with Crippen LogP contribution in [-0.2, 0) is 15.6 Å². The molecule has 1 aliphatic rings. The summed E-state index contributed by atoms with van der Waals surface area (Å²) in [6, 6.07) is 13.6. The van der Waals surface area contributed by atoms with Crippen LogP contribution in [0.4, 0.5) is 5.69 Å². The van der Waals surface area contributed by atoms with Crippen molar-refractivity contribution in [3.63, 3.8) is 0 Å². The number of aromatic hydroxyl groups is 1. The average molecular weight is 379 g/mol. The molecule has 0 saturated carbocycles. The van der Waals surface area contributed by atoms with Crippen molar-refractivity contribution in [1.82, 2.24) is 0 Å². The molecule has 0 fully saturated rings. The Morgan fingerprint density at radius 1 is 0.893 bits per heavy atom. The molecule has 1 N–H and O–H groups in total. The summed E-state index contributed by atoms with van der Waals surface area (Å²) in [6.45, 7) is 12.6. The summed E-state index contributed by atoms with van der Waals surface area (Å²) in [5.74, 6) is 0.358. The maximum Gasteiger partial charge on any atom is 0.247 e. The highest BCUT2D eigenvalue weighted by Gasteiger charge is 2.29. The van der Waals surface area contributed by atoms with E-state index in [1.807, 2.05) is 42.5 Å². The molecule has 28 heavy (non-hydrogen) atoms. The number of phenolic OH excluding ortho intramolecular Hbond substituents is 1. The van der Waals surface area contributed by atoms with Gasteiger partial charge in [-0.2, -0.15) is 5.10 Å². The minimum absolute atomic E-state index is 0.000757. The second-order valence-electron chi connectivity index (χ2n) is 9.51. The first kappa shape index (κ1) is 20.1. The summed E-state index contributed by atoms with van der Waals surface area (Å²) in [7, 11) is 0. The number of benzene rings is 2. The fraction of sp³-hybridized carbons (Fsp3) is 0.417. The van der Waals surface area contributed by atoms with Crippen molar-refractivity contribution in [2.24, 2.45) is 5.10 Å². The molecule has 2 aromatic rings. The lowest BCUT2D eigenvalue weighted by molar-refractivity contribution is -0.118. The summed E-state index contributed by atoms with van der Waals surface area (Å²) < 4.78 is 0. The van der Waals surface area contributed by atoms with Crippen LogP contribution < -0.4 is 5.01 Å². The van der Waals surface area contributed by atoms with Crippen LogP contribution in [0.3, 0.4) is 0 Å². The summed E-state index contributed by atoms with van der Waals surface area (Å²) in [4.78, 5) is 12.5. The number of hydrazone groups is 1. The van der Waals surface area contributed by atoms with Gasteiger partial charge in [0.25, 0.3) is 0 Å². The van der Waals surface area contributed by atoms with Gasteiger partial charge in [-0.25, -0.2) is 5.01 Å². The Labute approximate surface area is 167 Å². The standard InChI is InChI=1S/C24H30N2O2/c1-23(2,3)18-14-16(15-19(22(18)28)24(4,5)6)20-12-13-21(27)26(25-20)17-10-8-7-9-11-17/h7-11,14-15,28H,12-13H2,1-6H3. The summed E-state index contributed by atoms with van der Waals surface area (Å²) in [5.41, 5.74) is 4.02. The van der Waals surface area contributed by atoms with Gasteiger partial charge < -0.3 is 5.11 Å². The SMILES string of the molecule is CC(C)(C)c1cc(C2=NN(c3ccccc3)C(=O)CC2)cc(C(C)(C)C)c1O. The number of carbonyl (C=O) groups excluding carboxylic acids is 1. The molecule has 1 heterocycles. The second kappa shape index (κ2) is 7.08. The fourth-order valence-corrected chi connectivity index (χ4v) is 3.48. The van der Waals surface area contributed by atoms with Crippen LogP contribution in [0.5, 0.6) is 5.75 Å². The third-order valence-electron chi connectivity index (χ3n) is 5.09. The number of phenols is 1. The molecule has 2 aromatic carbocycles. The van der Waals surface area contributed by atoms with Crippen molar-refractivity contribution in [2.45, 2.75) is 65.2 Å². The Morgan fingerprint density at radius 3 is 1.93 bits per heavy atom. The first-order valence-corrected chi connectivity index (χ1v) is 9.82. The molecule has 1 aliphatic heterocycles. The summed E-state index contributed by atoms with van der Waals surface area (Å²) in [5, 5.41) is 17.1. The Kier molecular flexibility index (Phi) is 5.09. The minimum atomic E-state index is -0.204. The van der Waals surface area contributed by atoms with E-state index in [1.54, 1.807) is 0 Å².